The van der Waals surface area contributed by atoms with Gasteiger partial charge >= 0.3 is 0 Å². The van der Waals surface area contributed by atoms with Crippen LogP contribution in [-0.4, -0.2) is 5.78 Å². The molecule has 0 amide bonds. The van der Waals surface area contributed by atoms with Crippen LogP contribution < -0.4 is 0 Å². The average Bonchev–Trinajstić information content (AvgIpc) is 2.74. The second-order valence-electron chi connectivity index (χ2n) is 4.91. The van der Waals surface area contributed by atoms with Crippen molar-refractivity contribution >= 4 is 11.4 Å². The Kier molecular flexibility index (Phi) is 3.32. The van der Waals surface area contributed by atoms with Crippen molar-refractivity contribution in [2.75, 3.05) is 0 Å². The molecule has 17 heavy (non-hydrogen) atoms. The Morgan fingerprint density at radius 2 is 2.41 bits per heavy atom. The Hall–Kier alpha value is -1.57. The van der Waals surface area contributed by atoms with Crippen molar-refractivity contribution < 1.29 is 9.21 Å². The first-order chi connectivity index (χ1) is 8.15. The van der Waals surface area contributed by atoms with Crippen LogP contribution in [-0.2, 0) is 4.79 Å². The molecule has 2 nitrogen and oxygen atoms in total. The molecule has 2 rings (SSSR count). The van der Waals surface area contributed by atoms with Gasteiger partial charge in [0.15, 0.2) is 5.78 Å². The van der Waals surface area contributed by atoms with E-state index in [2.05, 4.69) is 13.5 Å². The van der Waals surface area contributed by atoms with E-state index < -0.39 is 0 Å². The lowest BCUT2D eigenvalue weighted by atomic mass is 9.75. The summed E-state index contributed by atoms with van der Waals surface area (Å²) in [5.74, 6) is 1.01. The second-order valence-corrected chi connectivity index (χ2v) is 4.91. The number of rotatable bonds is 3. The summed E-state index contributed by atoms with van der Waals surface area (Å²) in [6.07, 6.45) is 8.77. The number of furan rings is 1. The monoisotopic (exact) mass is 230 g/mol. The molecule has 0 fully saturated rings. The smallest absolute Gasteiger partial charge is 0.156 e. The molecular weight excluding hydrogens is 212 g/mol. The summed E-state index contributed by atoms with van der Waals surface area (Å²) in [5, 5.41) is 0. The van der Waals surface area contributed by atoms with Crippen molar-refractivity contribution in [3.63, 3.8) is 0 Å². The van der Waals surface area contributed by atoms with Gasteiger partial charge in [0.05, 0.1) is 6.26 Å². The van der Waals surface area contributed by atoms with E-state index in [4.69, 9.17) is 4.42 Å². The fraction of sp³-hybridized carbons (Fsp3) is 0.400. The lowest BCUT2D eigenvalue weighted by Crippen LogP contribution is -2.16. The van der Waals surface area contributed by atoms with Crippen molar-refractivity contribution in [2.45, 2.75) is 32.6 Å². The highest BCUT2D eigenvalue weighted by Gasteiger charge is 2.32. The third-order valence-electron chi connectivity index (χ3n) is 3.49. The zero-order valence-electron chi connectivity index (χ0n) is 10.2. The number of carbonyl (C=O) groups is 1. The summed E-state index contributed by atoms with van der Waals surface area (Å²) in [5.41, 5.74) is 0.982. The Morgan fingerprint density at radius 1 is 1.59 bits per heavy atom. The van der Waals surface area contributed by atoms with Crippen LogP contribution in [0.3, 0.4) is 0 Å². The van der Waals surface area contributed by atoms with Gasteiger partial charge in [-0.15, -0.1) is 6.58 Å². The Balaban J connectivity index is 2.45. The number of hydrogen-bond acceptors (Lipinski definition) is 2. The third-order valence-corrected chi connectivity index (χ3v) is 3.49. The molecule has 0 saturated carbocycles. The summed E-state index contributed by atoms with van der Waals surface area (Å²) >= 11 is 0. The molecule has 1 heterocycles. The maximum atomic E-state index is 11.7. The quantitative estimate of drug-likeness (QED) is 0.735. The standard InChI is InChI=1S/C15H18O2/c1-3-8-15(2)9-4-6-12(16)11-13(15)14-7-5-10-17-14/h3,5,7,10-11H,1,4,6,8-9H2,2H3/t15-/m1/s1. The zero-order chi connectivity index (χ0) is 12.3. The van der Waals surface area contributed by atoms with Gasteiger partial charge in [-0.3, -0.25) is 4.79 Å². The molecule has 1 aromatic rings. The number of hydrogen-bond donors (Lipinski definition) is 0. The molecule has 1 aromatic heterocycles. The van der Waals surface area contributed by atoms with Crippen LogP contribution in [0.25, 0.3) is 5.57 Å². The minimum atomic E-state index is -0.0359. The Morgan fingerprint density at radius 3 is 3.06 bits per heavy atom. The first kappa shape index (κ1) is 11.9. The lowest BCUT2D eigenvalue weighted by Gasteiger charge is -2.29. The number of carbonyl (C=O) groups excluding carboxylic acids is 1. The van der Waals surface area contributed by atoms with Crippen LogP contribution in [0.1, 0.15) is 38.4 Å². The highest BCUT2D eigenvalue weighted by Crippen LogP contribution is 2.44. The minimum absolute atomic E-state index is 0.0359. The molecule has 0 unspecified atom stereocenters. The number of ketones is 1. The van der Waals surface area contributed by atoms with Crippen molar-refractivity contribution in [1.29, 1.82) is 0 Å². The molecule has 0 aliphatic heterocycles. The summed E-state index contributed by atoms with van der Waals surface area (Å²) in [6.45, 7) is 6.00. The van der Waals surface area contributed by atoms with Crippen LogP contribution in [0.2, 0.25) is 0 Å². The van der Waals surface area contributed by atoms with Gasteiger partial charge in [0.1, 0.15) is 5.76 Å². The van der Waals surface area contributed by atoms with Gasteiger partial charge in [0.2, 0.25) is 0 Å². The molecule has 1 aliphatic rings. The van der Waals surface area contributed by atoms with E-state index in [1.165, 1.54) is 0 Å². The van der Waals surface area contributed by atoms with E-state index >= 15 is 0 Å². The molecule has 0 aromatic carbocycles. The van der Waals surface area contributed by atoms with Crippen molar-refractivity contribution in [1.82, 2.24) is 0 Å². The van der Waals surface area contributed by atoms with Gasteiger partial charge in [0.25, 0.3) is 0 Å². The van der Waals surface area contributed by atoms with Crippen molar-refractivity contribution in [2.24, 2.45) is 5.41 Å². The molecule has 1 aliphatic carbocycles. The second kappa shape index (κ2) is 4.74. The topological polar surface area (TPSA) is 30.2 Å². The van der Waals surface area contributed by atoms with Gasteiger partial charge in [0, 0.05) is 12.0 Å². The average molecular weight is 230 g/mol. The first-order valence-electron chi connectivity index (χ1n) is 6.05. The predicted molar refractivity (Wildman–Crippen MR) is 68.5 cm³/mol. The fourth-order valence-electron chi connectivity index (χ4n) is 2.53. The third kappa shape index (κ3) is 2.41. The molecule has 0 spiro atoms. The van der Waals surface area contributed by atoms with E-state index in [9.17, 15) is 4.79 Å². The van der Waals surface area contributed by atoms with Crippen molar-refractivity contribution in [3.8, 4) is 0 Å². The van der Waals surface area contributed by atoms with Gasteiger partial charge in [-0.05, 0) is 42.9 Å². The minimum Gasteiger partial charge on any atom is -0.465 e. The van der Waals surface area contributed by atoms with E-state index in [1.54, 1.807) is 12.3 Å². The molecule has 0 saturated heterocycles. The highest BCUT2D eigenvalue weighted by molar-refractivity contribution is 5.97. The van der Waals surface area contributed by atoms with Crippen LogP contribution in [0.15, 0.2) is 41.5 Å². The van der Waals surface area contributed by atoms with Crippen LogP contribution in [0.5, 0.6) is 0 Å². The van der Waals surface area contributed by atoms with Crippen LogP contribution in [0.4, 0.5) is 0 Å². The van der Waals surface area contributed by atoms with E-state index in [0.29, 0.717) is 6.42 Å². The highest BCUT2D eigenvalue weighted by atomic mass is 16.3. The van der Waals surface area contributed by atoms with Crippen molar-refractivity contribution in [3.05, 3.63) is 42.9 Å². The number of allylic oxidation sites excluding steroid dienone is 3. The van der Waals surface area contributed by atoms with Crippen LogP contribution in [0, 0.1) is 5.41 Å². The van der Waals surface area contributed by atoms with Gasteiger partial charge < -0.3 is 4.42 Å². The largest absolute Gasteiger partial charge is 0.465 e. The SMILES string of the molecule is C=CC[C@]1(C)CCCC(=O)C=C1c1ccco1. The molecule has 0 N–H and O–H groups in total. The Bertz CT molecular complexity index is 439. The first-order valence-corrected chi connectivity index (χ1v) is 6.05. The fourth-order valence-corrected chi connectivity index (χ4v) is 2.53. The normalized spacial score (nSPS) is 25.2. The van der Waals surface area contributed by atoms with E-state index in [-0.39, 0.29) is 11.2 Å². The summed E-state index contributed by atoms with van der Waals surface area (Å²) in [7, 11) is 0. The predicted octanol–water partition coefficient (Wildman–Crippen LogP) is 4.00. The van der Waals surface area contributed by atoms with Crippen LogP contribution >= 0.6 is 0 Å². The Labute approximate surface area is 102 Å². The van der Waals surface area contributed by atoms with Gasteiger partial charge in [-0.1, -0.05) is 13.0 Å². The zero-order valence-corrected chi connectivity index (χ0v) is 10.2. The van der Waals surface area contributed by atoms with Gasteiger partial charge in [-0.2, -0.15) is 0 Å². The van der Waals surface area contributed by atoms with E-state index in [1.807, 2.05) is 18.2 Å². The molecule has 90 valence electrons. The maximum Gasteiger partial charge on any atom is 0.156 e. The van der Waals surface area contributed by atoms with Gasteiger partial charge in [-0.25, -0.2) is 0 Å². The molecule has 0 radical (unpaired) electrons. The molecule has 2 heteroatoms. The maximum absolute atomic E-state index is 11.7. The molecule has 1 atom stereocenters. The van der Waals surface area contributed by atoms with E-state index in [0.717, 1.165) is 30.6 Å². The molecule has 0 bridgehead atoms. The summed E-state index contributed by atoms with van der Waals surface area (Å²) in [6, 6.07) is 3.78. The summed E-state index contributed by atoms with van der Waals surface area (Å²) in [4.78, 5) is 11.7. The lowest BCUT2D eigenvalue weighted by molar-refractivity contribution is -0.114. The molecular formula is C15H18O2. The summed E-state index contributed by atoms with van der Waals surface area (Å²) < 4.78 is 5.46.